The fourth-order valence-corrected chi connectivity index (χ4v) is 4.30. The SMILES string of the molecule is CN1CC(CN=C(NN)SC2=CC=CNC=C2C(=O)Nc2ncc(C(F)(F)C(F)(F)C(F)(F)F)cc2F)CC1=O. The summed E-state index contributed by atoms with van der Waals surface area (Å²) in [6.07, 6.45) is -0.887. The van der Waals surface area contributed by atoms with Crippen LogP contribution >= 0.6 is 11.8 Å². The summed E-state index contributed by atoms with van der Waals surface area (Å²) < 4.78 is 106. The van der Waals surface area contributed by atoms with E-state index in [4.69, 9.17) is 5.84 Å². The number of carbonyl (C=O) groups excluding carboxylic acids is 2. The second kappa shape index (κ2) is 11.8. The molecule has 1 aromatic heterocycles. The van der Waals surface area contributed by atoms with E-state index in [-0.39, 0.29) is 46.3 Å². The number of hydrazine groups is 1. The number of anilines is 1. The molecule has 0 saturated carbocycles. The number of amidine groups is 1. The van der Waals surface area contributed by atoms with Crippen molar-refractivity contribution in [2.24, 2.45) is 16.8 Å². The van der Waals surface area contributed by atoms with E-state index < -0.39 is 41.1 Å². The number of aromatic nitrogens is 1. The normalized spacial score (nSPS) is 18.6. The van der Waals surface area contributed by atoms with Gasteiger partial charge >= 0.3 is 18.0 Å². The number of allylic oxidation sites excluding steroid dienone is 2. The van der Waals surface area contributed by atoms with Crippen molar-refractivity contribution >= 4 is 34.6 Å². The summed E-state index contributed by atoms with van der Waals surface area (Å²) in [5.74, 6) is -10.8. The third kappa shape index (κ3) is 6.55. The van der Waals surface area contributed by atoms with Crippen LogP contribution in [0.5, 0.6) is 0 Å². The van der Waals surface area contributed by atoms with E-state index in [9.17, 15) is 44.7 Å². The summed E-state index contributed by atoms with van der Waals surface area (Å²) in [4.78, 5) is 33.8. The van der Waals surface area contributed by atoms with Crippen molar-refractivity contribution in [2.45, 2.75) is 24.4 Å². The Kier molecular flexibility index (Phi) is 9.13. The maximum Gasteiger partial charge on any atom is 0.460 e. The lowest BCUT2D eigenvalue weighted by molar-refractivity contribution is -0.359. The Balaban J connectivity index is 1.77. The average Bonchev–Trinajstić information content (AvgIpc) is 3.04. The predicted molar refractivity (Wildman–Crippen MR) is 129 cm³/mol. The highest BCUT2D eigenvalue weighted by molar-refractivity contribution is 8.17. The number of nitrogens with two attached hydrogens (primary N) is 1. The number of likely N-dealkylation sites (tertiary alicyclic amines) is 1. The molecule has 1 atom stereocenters. The number of aliphatic imine (C=N–C) groups is 1. The number of rotatable bonds is 7. The molecule has 2 aliphatic rings. The molecule has 1 fully saturated rings. The first kappa shape index (κ1) is 30.9. The van der Waals surface area contributed by atoms with Gasteiger partial charge in [0.25, 0.3) is 5.91 Å². The van der Waals surface area contributed by atoms with Gasteiger partial charge in [-0.3, -0.25) is 14.6 Å². The van der Waals surface area contributed by atoms with Crippen molar-refractivity contribution in [2.75, 3.05) is 25.5 Å². The van der Waals surface area contributed by atoms with Gasteiger partial charge in [0.05, 0.1) is 5.57 Å². The minimum absolute atomic E-state index is 0.0358. The molecular weight excluding hydrogens is 578 g/mol. The van der Waals surface area contributed by atoms with Gasteiger partial charge in [0.1, 0.15) is 0 Å². The Labute approximate surface area is 225 Å². The molecule has 218 valence electrons. The lowest BCUT2D eigenvalue weighted by atomic mass is 10.0. The van der Waals surface area contributed by atoms with Crippen LogP contribution in [0.4, 0.5) is 40.9 Å². The van der Waals surface area contributed by atoms with Crippen molar-refractivity contribution < 1.29 is 44.7 Å². The maximum absolute atomic E-state index is 14.5. The number of amides is 2. The number of thioether (sulfide) groups is 1. The Morgan fingerprint density at radius 2 is 1.98 bits per heavy atom. The first-order chi connectivity index (χ1) is 18.6. The Bertz CT molecular complexity index is 1280. The van der Waals surface area contributed by atoms with Gasteiger partial charge in [-0.15, -0.1) is 0 Å². The van der Waals surface area contributed by atoms with Gasteiger partial charge in [0.2, 0.25) is 5.91 Å². The third-order valence-electron chi connectivity index (χ3n) is 5.61. The second-order valence-electron chi connectivity index (χ2n) is 8.51. The lowest BCUT2D eigenvalue weighted by Gasteiger charge is -2.28. The number of hydrogen-bond donors (Lipinski definition) is 4. The van der Waals surface area contributed by atoms with Crippen LogP contribution in [0.1, 0.15) is 12.0 Å². The number of carbonyl (C=O) groups is 2. The Hall–Kier alpha value is -3.67. The number of pyridine rings is 1. The van der Waals surface area contributed by atoms with E-state index in [0.29, 0.717) is 13.0 Å². The summed E-state index contributed by atoms with van der Waals surface area (Å²) in [6.45, 7) is 0.722. The largest absolute Gasteiger partial charge is 0.460 e. The number of hydrogen-bond acceptors (Lipinski definition) is 7. The van der Waals surface area contributed by atoms with E-state index in [1.807, 2.05) is 5.32 Å². The molecular formula is C22H21F8N7O2S. The third-order valence-corrected chi connectivity index (χ3v) is 6.62. The molecule has 0 aliphatic carbocycles. The summed E-state index contributed by atoms with van der Waals surface area (Å²) in [6, 6.07) is -0.274. The van der Waals surface area contributed by atoms with Crippen LogP contribution < -0.4 is 21.9 Å². The molecule has 9 nitrogen and oxygen atoms in total. The molecule has 0 spiro atoms. The van der Waals surface area contributed by atoms with Crippen molar-refractivity contribution in [1.82, 2.24) is 20.6 Å². The van der Waals surface area contributed by atoms with Gasteiger partial charge in [0, 0.05) is 61.5 Å². The van der Waals surface area contributed by atoms with Crippen molar-refractivity contribution in [1.29, 1.82) is 0 Å². The zero-order chi connectivity index (χ0) is 29.9. The monoisotopic (exact) mass is 599 g/mol. The molecule has 0 radical (unpaired) electrons. The minimum Gasteiger partial charge on any atom is -0.367 e. The molecule has 3 rings (SSSR count). The molecule has 2 amide bonds. The van der Waals surface area contributed by atoms with Crippen LogP contribution in [0.2, 0.25) is 0 Å². The van der Waals surface area contributed by atoms with Gasteiger partial charge < -0.3 is 21.0 Å². The number of nitrogens with zero attached hydrogens (tertiary/aromatic N) is 3. The number of nitrogens with one attached hydrogen (secondary N) is 3. The molecule has 0 bridgehead atoms. The molecule has 18 heteroatoms. The van der Waals surface area contributed by atoms with Crippen LogP contribution in [0.15, 0.2) is 52.3 Å². The fourth-order valence-electron chi connectivity index (χ4n) is 3.49. The van der Waals surface area contributed by atoms with Crippen LogP contribution in [-0.2, 0) is 15.5 Å². The molecule has 0 aromatic carbocycles. The minimum atomic E-state index is -6.63. The highest BCUT2D eigenvalue weighted by Gasteiger charge is 2.73. The molecule has 1 unspecified atom stereocenters. The lowest BCUT2D eigenvalue weighted by Crippen LogP contribution is -2.50. The van der Waals surface area contributed by atoms with Crippen molar-refractivity contribution in [3.63, 3.8) is 0 Å². The standard InChI is InChI=1S/C22H21F8N7O2S/c1-37-10-11(5-16(37)38)7-34-19(36-31)40-15-3-2-4-32-9-13(15)18(39)35-17-14(23)6-12(8-33-17)20(24,25)21(26,27)22(28,29)30/h2-4,6,8-9,11,32H,5,7,10,31H2,1H3,(H,34,36)(H,33,35,39). The molecule has 1 aromatic rings. The first-order valence-corrected chi connectivity index (χ1v) is 12.0. The first-order valence-electron chi connectivity index (χ1n) is 11.1. The second-order valence-corrected chi connectivity index (χ2v) is 9.54. The number of alkyl halides is 7. The summed E-state index contributed by atoms with van der Waals surface area (Å²) >= 11 is 0.879. The fraction of sp³-hybridized carbons (Fsp3) is 0.364. The van der Waals surface area contributed by atoms with Gasteiger partial charge in [-0.05, 0) is 18.2 Å². The summed E-state index contributed by atoms with van der Waals surface area (Å²) in [5.41, 5.74) is 0.154. The van der Waals surface area contributed by atoms with Gasteiger partial charge in [-0.1, -0.05) is 11.8 Å². The van der Waals surface area contributed by atoms with E-state index in [1.165, 1.54) is 24.6 Å². The highest BCUT2D eigenvalue weighted by Crippen LogP contribution is 2.51. The van der Waals surface area contributed by atoms with Crippen LogP contribution in [0.25, 0.3) is 0 Å². The van der Waals surface area contributed by atoms with E-state index >= 15 is 0 Å². The van der Waals surface area contributed by atoms with E-state index in [1.54, 1.807) is 11.9 Å². The summed E-state index contributed by atoms with van der Waals surface area (Å²) in [7, 11) is 1.66. The maximum atomic E-state index is 14.5. The van der Waals surface area contributed by atoms with E-state index in [0.717, 1.165) is 11.8 Å². The molecule has 1 saturated heterocycles. The Morgan fingerprint density at radius 1 is 1.27 bits per heavy atom. The predicted octanol–water partition coefficient (Wildman–Crippen LogP) is 3.36. The molecule has 5 N–H and O–H groups in total. The number of halogens is 8. The van der Waals surface area contributed by atoms with Crippen LogP contribution in [-0.4, -0.2) is 59.1 Å². The van der Waals surface area contributed by atoms with Crippen molar-refractivity contribution in [3.8, 4) is 0 Å². The zero-order valence-electron chi connectivity index (χ0n) is 20.3. The quantitative estimate of drug-likeness (QED) is 0.125. The van der Waals surface area contributed by atoms with Crippen LogP contribution in [0, 0.1) is 11.7 Å². The smallest absolute Gasteiger partial charge is 0.367 e. The topological polar surface area (TPSA) is 125 Å². The van der Waals surface area contributed by atoms with Gasteiger partial charge in [-0.2, -0.15) is 30.7 Å². The average molecular weight is 600 g/mol. The molecule has 2 aliphatic heterocycles. The molecule has 3 heterocycles. The van der Waals surface area contributed by atoms with Crippen LogP contribution in [0.3, 0.4) is 0 Å². The summed E-state index contributed by atoms with van der Waals surface area (Å²) in [5, 5.41) is 4.74. The molecule has 40 heavy (non-hydrogen) atoms. The van der Waals surface area contributed by atoms with E-state index in [2.05, 4.69) is 20.7 Å². The Morgan fingerprint density at radius 3 is 2.55 bits per heavy atom. The highest BCUT2D eigenvalue weighted by atomic mass is 32.2. The van der Waals surface area contributed by atoms with Crippen molar-refractivity contribution in [3.05, 3.63) is 58.7 Å². The van der Waals surface area contributed by atoms with Gasteiger partial charge in [0.15, 0.2) is 16.8 Å². The zero-order valence-corrected chi connectivity index (χ0v) is 21.1. The van der Waals surface area contributed by atoms with Gasteiger partial charge in [-0.25, -0.2) is 15.2 Å².